The lowest BCUT2D eigenvalue weighted by atomic mass is 9.82. The average Bonchev–Trinajstić information content (AvgIpc) is 3.44. The molecule has 7 heteroatoms. The maximum absolute atomic E-state index is 13.4. The fraction of sp³-hybridized carbons (Fsp3) is 0.269. The molecule has 1 aliphatic heterocycles. The molecule has 168 valence electrons. The number of imidazole rings is 1. The Morgan fingerprint density at radius 3 is 2.67 bits per heavy atom. The lowest BCUT2D eigenvalue weighted by Crippen LogP contribution is -2.24. The standard InChI is InChI=1S/C26H26FN5O/c1-17-12-13-32-26(25(17)20-6-8-21(27)9-7-20)29-24(30-32)11-5-19-4-10-22(23(14-19)33-3)31-15-18(2)28-16-31/h4-11,14-17,25H,12-13H2,1-3H3/t17-,25-/m0/s1. The molecular weight excluding hydrogens is 417 g/mol. The van der Waals surface area contributed by atoms with Gasteiger partial charge in [0.15, 0.2) is 5.82 Å². The summed E-state index contributed by atoms with van der Waals surface area (Å²) in [5, 5.41) is 4.71. The third-order valence-corrected chi connectivity index (χ3v) is 6.21. The van der Waals surface area contributed by atoms with Gasteiger partial charge in [0.05, 0.1) is 24.8 Å². The van der Waals surface area contributed by atoms with Gasteiger partial charge in [0.25, 0.3) is 0 Å². The molecule has 0 radical (unpaired) electrons. The van der Waals surface area contributed by atoms with Crippen LogP contribution >= 0.6 is 0 Å². The highest BCUT2D eigenvalue weighted by atomic mass is 19.1. The Morgan fingerprint density at radius 1 is 1.12 bits per heavy atom. The van der Waals surface area contributed by atoms with Crippen LogP contribution in [0.1, 0.15) is 47.7 Å². The molecule has 1 aliphatic rings. The molecule has 0 unspecified atom stereocenters. The van der Waals surface area contributed by atoms with Gasteiger partial charge in [0.2, 0.25) is 0 Å². The zero-order chi connectivity index (χ0) is 22.9. The number of fused-ring (bicyclic) bond motifs is 1. The highest BCUT2D eigenvalue weighted by Crippen LogP contribution is 2.37. The molecule has 0 amide bonds. The largest absolute Gasteiger partial charge is 0.495 e. The maximum atomic E-state index is 13.4. The first kappa shape index (κ1) is 21.1. The second-order valence-electron chi connectivity index (χ2n) is 8.53. The molecule has 0 bridgehead atoms. The number of nitrogens with zero attached hydrogens (tertiary/aromatic N) is 5. The van der Waals surface area contributed by atoms with Crippen LogP contribution in [0.5, 0.6) is 5.75 Å². The van der Waals surface area contributed by atoms with E-state index in [2.05, 4.69) is 11.9 Å². The van der Waals surface area contributed by atoms with Crippen molar-refractivity contribution in [1.82, 2.24) is 24.3 Å². The van der Waals surface area contributed by atoms with Crippen molar-refractivity contribution in [1.29, 1.82) is 0 Å². The second kappa shape index (κ2) is 8.65. The van der Waals surface area contributed by atoms with Gasteiger partial charge >= 0.3 is 0 Å². The van der Waals surface area contributed by atoms with Crippen LogP contribution in [0.2, 0.25) is 0 Å². The number of methoxy groups -OCH3 is 1. The number of benzene rings is 2. The zero-order valence-corrected chi connectivity index (χ0v) is 18.9. The molecule has 3 heterocycles. The number of aryl methyl sites for hydroxylation is 2. The van der Waals surface area contributed by atoms with Crippen molar-refractivity contribution in [2.45, 2.75) is 32.7 Å². The fourth-order valence-corrected chi connectivity index (χ4v) is 4.47. The van der Waals surface area contributed by atoms with Crippen LogP contribution in [0.4, 0.5) is 4.39 Å². The molecule has 0 saturated carbocycles. The lowest BCUT2D eigenvalue weighted by molar-refractivity contribution is 0.347. The minimum atomic E-state index is -0.225. The van der Waals surface area contributed by atoms with Crippen molar-refractivity contribution in [2.24, 2.45) is 5.92 Å². The Balaban J connectivity index is 1.42. The topological polar surface area (TPSA) is 57.8 Å². The van der Waals surface area contributed by atoms with E-state index in [4.69, 9.17) is 14.8 Å². The molecule has 2 aromatic carbocycles. The van der Waals surface area contributed by atoms with E-state index in [1.165, 1.54) is 12.1 Å². The average molecular weight is 444 g/mol. The summed E-state index contributed by atoms with van der Waals surface area (Å²) in [5.41, 5.74) is 3.94. The van der Waals surface area contributed by atoms with Gasteiger partial charge in [-0.1, -0.05) is 31.2 Å². The zero-order valence-electron chi connectivity index (χ0n) is 18.9. The third-order valence-electron chi connectivity index (χ3n) is 6.21. The van der Waals surface area contributed by atoms with Gasteiger partial charge in [-0.25, -0.2) is 19.0 Å². The molecule has 4 aromatic rings. The quantitative estimate of drug-likeness (QED) is 0.422. The highest BCUT2D eigenvalue weighted by Gasteiger charge is 2.31. The number of hydrogen-bond acceptors (Lipinski definition) is 4. The van der Waals surface area contributed by atoms with E-state index in [-0.39, 0.29) is 11.7 Å². The summed E-state index contributed by atoms with van der Waals surface area (Å²) in [6.07, 6.45) is 8.66. The summed E-state index contributed by atoms with van der Waals surface area (Å²) in [6, 6.07) is 12.8. The van der Waals surface area contributed by atoms with E-state index in [1.54, 1.807) is 13.4 Å². The van der Waals surface area contributed by atoms with Crippen LogP contribution in [0, 0.1) is 18.7 Å². The maximum Gasteiger partial charge on any atom is 0.174 e. The van der Waals surface area contributed by atoms with Gasteiger partial charge in [0.1, 0.15) is 17.4 Å². The minimum absolute atomic E-state index is 0.104. The Kier molecular flexibility index (Phi) is 5.54. The van der Waals surface area contributed by atoms with E-state index in [1.807, 2.05) is 64.9 Å². The molecule has 33 heavy (non-hydrogen) atoms. The second-order valence-corrected chi connectivity index (χ2v) is 8.53. The molecule has 0 N–H and O–H groups in total. The van der Waals surface area contributed by atoms with Gasteiger partial charge < -0.3 is 9.30 Å². The molecular formula is C26H26FN5O. The van der Waals surface area contributed by atoms with Gasteiger partial charge in [-0.15, -0.1) is 0 Å². The van der Waals surface area contributed by atoms with Crippen LogP contribution in [-0.2, 0) is 6.54 Å². The molecule has 6 nitrogen and oxygen atoms in total. The number of halogens is 1. The minimum Gasteiger partial charge on any atom is -0.495 e. The monoisotopic (exact) mass is 443 g/mol. The lowest BCUT2D eigenvalue weighted by Gasteiger charge is -2.28. The van der Waals surface area contributed by atoms with Gasteiger partial charge in [0, 0.05) is 18.7 Å². The normalized spacial score (nSPS) is 17.9. The van der Waals surface area contributed by atoms with Crippen LogP contribution in [-0.4, -0.2) is 31.4 Å². The number of hydrogen-bond donors (Lipinski definition) is 0. The van der Waals surface area contributed by atoms with Crippen molar-refractivity contribution in [3.63, 3.8) is 0 Å². The van der Waals surface area contributed by atoms with E-state index < -0.39 is 0 Å². The summed E-state index contributed by atoms with van der Waals surface area (Å²) in [4.78, 5) is 9.13. The van der Waals surface area contributed by atoms with Crippen molar-refractivity contribution in [3.05, 3.63) is 89.3 Å². The smallest absolute Gasteiger partial charge is 0.174 e. The van der Waals surface area contributed by atoms with Crippen LogP contribution in [0.15, 0.2) is 55.0 Å². The molecule has 0 fully saturated rings. The Bertz CT molecular complexity index is 1300. The molecule has 0 spiro atoms. The van der Waals surface area contributed by atoms with Crippen LogP contribution in [0.3, 0.4) is 0 Å². The van der Waals surface area contributed by atoms with Crippen molar-refractivity contribution in [2.75, 3.05) is 7.11 Å². The molecule has 2 atom stereocenters. The number of ether oxygens (including phenoxy) is 1. The summed E-state index contributed by atoms with van der Waals surface area (Å²) >= 11 is 0. The molecule has 2 aromatic heterocycles. The van der Waals surface area contributed by atoms with Crippen LogP contribution in [0.25, 0.3) is 17.8 Å². The van der Waals surface area contributed by atoms with E-state index >= 15 is 0 Å². The summed E-state index contributed by atoms with van der Waals surface area (Å²) < 4.78 is 23.0. The van der Waals surface area contributed by atoms with E-state index in [0.29, 0.717) is 11.7 Å². The van der Waals surface area contributed by atoms with Gasteiger partial charge in [-0.2, -0.15) is 5.10 Å². The molecule has 0 saturated heterocycles. The first-order chi connectivity index (χ1) is 16.0. The van der Waals surface area contributed by atoms with Crippen molar-refractivity contribution < 1.29 is 9.13 Å². The SMILES string of the molecule is COc1cc(C=Cc2nc3n(n2)CC[C@H](C)[C@H]3c2ccc(F)cc2)ccc1-n1cnc(C)c1. The highest BCUT2D eigenvalue weighted by molar-refractivity contribution is 5.69. The molecule has 0 aliphatic carbocycles. The Morgan fingerprint density at radius 2 is 1.94 bits per heavy atom. The third kappa shape index (κ3) is 4.18. The summed E-state index contributed by atoms with van der Waals surface area (Å²) in [6.45, 7) is 5.01. The number of aromatic nitrogens is 5. The van der Waals surface area contributed by atoms with E-state index in [0.717, 1.165) is 47.0 Å². The van der Waals surface area contributed by atoms with Crippen molar-refractivity contribution >= 4 is 12.2 Å². The molecule has 5 rings (SSSR count). The number of rotatable bonds is 5. The first-order valence-electron chi connectivity index (χ1n) is 11.1. The Labute approximate surface area is 192 Å². The predicted octanol–water partition coefficient (Wildman–Crippen LogP) is 5.26. The van der Waals surface area contributed by atoms with E-state index in [9.17, 15) is 4.39 Å². The first-order valence-corrected chi connectivity index (χ1v) is 11.1. The van der Waals surface area contributed by atoms with Crippen LogP contribution < -0.4 is 4.74 Å². The fourth-order valence-electron chi connectivity index (χ4n) is 4.47. The summed E-state index contributed by atoms with van der Waals surface area (Å²) in [7, 11) is 1.66. The Hall–Kier alpha value is -3.74. The predicted molar refractivity (Wildman–Crippen MR) is 126 cm³/mol. The van der Waals surface area contributed by atoms with Gasteiger partial charge in [-0.05, 0) is 60.7 Å². The summed E-state index contributed by atoms with van der Waals surface area (Å²) in [5.74, 6) is 2.65. The van der Waals surface area contributed by atoms with Gasteiger partial charge in [-0.3, -0.25) is 0 Å². The van der Waals surface area contributed by atoms with Crippen molar-refractivity contribution in [3.8, 4) is 11.4 Å².